The SMILES string of the molecule is c1ccc(-c2c3ccccc3c(-c3ccc4c(c3)nc(-c3ccccc3)c3ccc5ncc6ccccc6c5c34)c3ccccc23)cc1. The fourth-order valence-corrected chi connectivity index (χ4v) is 7.77. The van der Waals surface area contributed by atoms with Gasteiger partial charge in [0.2, 0.25) is 0 Å². The van der Waals surface area contributed by atoms with Crippen LogP contribution in [0.3, 0.4) is 0 Å². The maximum Gasteiger partial charge on any atom is 0.0788 e. The third-order valence-corrected chi connectivity index (χ3v) is 9.84. The summed E-state index contributed by atoms with van der Waals surface area (Å²) in [6.45, 7) is 0. The highest BCUT2D eigenvalue weighted by Gasteiger charge is 2.19. The lowest BCUT2D eigenvalue weighted by Gasteiger charge is -2.18. The van der Waals surface area contributed by atoms with Gasteiger partial charge in [0.25, 0.3) is 0 Å². The molecule has 48 heavy (non-hydrogen) atoms. The lowest BCUT2D eigenvalue weighted by atomic mass is 9.85. The molecule has 0 aliphatic carbocycles. The van der Waals surface area contributed by atoms with Crippen molar-refractivity contribution >= 4 is 64.9 Å². The Morgan fingerprint density at radius 1 is 0.333 bits per heavy atom. The average molecular weight is 609 g/mol. The van der Waals surface area contributed by atoms with Gasteiger partial charge >= 0.3 is 0 Å². The predicted molar refractivity (Wildman–Crippen MR) is 203 cm³/mol. The zero-order valence-electron chi connectivity index (χ0n) is 26.1. The van der Waals surface area contributed by atoms with Crippen molar-refractivity contribution < 1.29 is 0 Å². The van der Waals surface area contributed by atoms with E-state index in [4.69, 9.17) is 9.97 Å². The quantitative estimate of drug-likeness (QED) is 0.147. The molecule has 0 saturated carbocycles. The Morgan fingerprint density at radius 2 is 0.875 bits per heavy atom. The van der Waals surface area contributed by atoms with E-state index in [-0.39, 0.29) is 0 Å². The summed E-state index contributed by atoms with van der Waals surface area (Å²) in [6.07, 6.45) is 1.98. The average Bonchev–Trinajstić information content (AvgIpc) is 3.16. The minimum Gasteiger partial charge on any atom is -0.256 e. The molecule has 0 saturated heterocycles. The van der Waals surface area contributed by atoms with Crippen molar-refractivity contribution in [1.82, 2.24) is 9.97 Å². The third kappa shape index (κ3) is 4.00. The Balaban J connectivity index is 1.35. The standard InChI is InChI=1S/C46H28N2/c1-3-13-29(14-4-1)42-34-19-9-11-21-36(34)43(37-22-12-10-20-35(37)42)31-23-24-38-41(27-31)48-46(30-15-5-2-6-16-30)39-25-26-40-45(44(38)39)33-18-8-7-17-32(33)28-47-40/h1-28H. The van der Waals surface area contributed by atoms with E-state index in [0.717, 1.165) is 44.0 Å². The molecule has 0 atom stereocenters. The normalized spacial score (nSPS) is 11.8. The van der Waals surface area contributed by atoms with E-state index in [1.807, 2.05) is 6.20 Å². The molecule has 222 valence electrons. The molecule has 0 bridgehead atoms. The van der Waals surface area contributed by atoms with Gasteiger partial charge in [0, 0.05) is 38.7 Å². The van der Waals surface area contributed by atoms with Crippen LogP contribution in [0.25, 0.3) is 98.4 Å². The maximum absolute atomic E-state index is 5.45. The zero-order valence-corrected chi connectivity index (χ0v) is 26.1. The summed E-state index contributed by atoms with van der Waals surface area (Å²) < 4.78 is 0. The highest BCUT2D eigenvalue weighted by atomic mass is 14.7. The van der Waals surface area contributed by atoms with Crippen LogP contribution in [0.2, 0.25) is 0 Å². The fourth-order valence-electron chi connectivity index (χ4n) is 7.77. The van der Waals surface area contributed by atoms with Gasteiger partial charge in [-0.05, 0) is 67.4 Å². The van der Waals surface area contributed by atoms with Crippen LogP contribution < -0.4 is 0 Å². The molecule has 0 spiro atoms. The van der Waals surface area contributed by atoms with E-state index in [1.165, 1.54) is 54.4 Å². The van der Waals surface area contributed by atoms with Crippen molar-refractivity contribution in [2.24, 2.45) is 0 Å². The van der Waals surface area contributed by atoms with Gasteiger partial charge in [-0.2, -0.15) is 0 Å². The van der Waals surface area contributed by atoms with Crippen molar-refractivity contribution in [3.8, 4) is 33.5 Å². The number of rotatable bonds is 3. The molecular formula is C46H28N2. The van der Waals surface area contributed by atoms with Gasteiger partial charge in [-0.3, -0.25) is 4.98 Å². The molecule has 2 aromatic heterocycles. The number of nitrogens with zero attached hydrogens (tertiary/aromatic N) is 2. The van der Waals surface area contributed by atoms with Crippen LogP contribution in [0.15, 0.2) is 170 Å². The van der Waals surface area contributed by atoms with Crippen LogP contribution in [0, 0.1) is 0 Å². The van der Waals surface area contributed by atoms with Crippen molar-refractivity contribution in [2.75, 3.05) is 0 Å². The number of fused-ring (bicyclic) bond motifs is 9. The first-order chi connectivity index (χ1) is 23.8. The van der Waals surface area contributed by atoms with Crippen LogP contribution in [0.5, 0.6) is 0 Å². The second kappa shape index (κ2) is 10.6. The predicted octanol–water partition coefficient (Wildman–Crippen LogP) is 12.4. The summed E-state index contributed by atoms with van der Waals surface area (Å²) >= 11 is 0. The van der Waals surface area contributed by atoms with Crippen LogP contribution in [0.4, 0.5) is 0 Å². The number of benzene rings is 8. The topological polar surface area (TPSA) is 25.8 Å². The molecule has 0 unspecified atom stereocenters. The van der Waals surface area contributed by atoms with Crippen molar-refractivity contribution in [3.63, 3.8) is 0 Å². The van der Waals surface area contributed by atoms with Gasteiger partial charge in [-0.1, -0.05) is 146 Å². The van der Waals surface area contributed by atoms with E-state index in [0.29, 0.717) is 0 Å². The summed E-state index contributed by atoms with van der Waals surface area (Å²) in [5.74, 6) is 0. The van der Waals surface area contributed by atoms with Crippen LogP contribution in [0.1, 0.15) is 0 Å². The molecule has 0 aliphatic heterocycles. The molecule has 10 rings (SSSR count). The minimum absolute atomic E-state index is 0.972. The maximum atomic E-state index is 5.45. The van der Waals surface area contributed by atoms with Crippen molar-refractivity contribution in [1.29, 1.82) is 0 Å². The molecule has 0 fully saturated rings. The minimum atomic E-state index is 0.972. The monoisotopic (exact) mass is 608 g/mol. The summed E-state index contributed by atoms with van der Waals surface area (Å²) in [6, 6.07) is 58.8. The zero-order chi connectivity index (χ0) is 31.6. The molecular weight excluding hydrogens is 581 g/mol. The summed E-state index contributed by atoms with van der Waals surface area (Å²) in [5.41, 5.74) is 8.94. The van der Waals surface area contributed by atoms with Gasteiger partial charge in [-0.15, -0.1) is 0 Å². The highest BCUT2D eigenvalue weighted by molar-refractivity contribution is 6.29. The third-order valence-electron chi connectivity index (χ3n) is 9.84. The molecule has 10 aromatic rings. The smallest absolute Gasteiger partial charge is 0.0788 e. The second-order valence-corrected chi connectivity index (χ2v) is 12.5. The molecule has 2 nitrogen and oxygen atoms in total. The Morgan fingerprint density at radius 3 is 1.54 bits per heavy atom. The van der Waals surface area contributed by atoms with Gasteiger partial charge in [0.15, 0.2) is 0 Å². The summed E-state index contributed by atoms with van der Waals surface area (Å²) in [4.78, 5) is 10.4. The Bertz CT molecular complexity index is 2820. The van der Waals surface area contributed by atoms with Crippen LogP contribution in [-0.4, -0.2) is 9.97 Å². The lowest BCUT2D eigenvalue weighted by molar-refractivity contribution is 1.42. The van der Waals surface area contributed by atoms with Crippen LogP contribution in [-0.2, 0) is 0 Å². The number of hydrogen-bond acceptors (Lipinski definition) is 2. The first kappa shape index (κ1) is 26.8. The van der Waals surface area contributed by atoms with E-state index in [2.05, 4.69) is 164 Å². The van der Waals surface area contributed by atoms with Crippen molar-refractivity contribution in [3.05, 3.63) is 170 Å². The number of pyridine rings is 2. The van der Waals surface area contributed by atoms with Gasteiger partial charge in [-0.25, -0.2) is 4.98 Å². The Kier molecular flexibility index (Phi) is 5.91. The summed E-state index contributed by atoms with van der Waals surface area (Å²) in [7, 11) is 0. The molecule has 0 radical (unpaired) electrons. The van der Waals surface area contributed by atoms with Gasteiger partial charge in [0.1, 0.15) is 0 Å². The van der Waals surface area contributed by atoms with Crippen LogP contribution >= 0.6 is 0 Å². The molecule has 0 amide bonds. The first-order valence-corrected chi connectivity index (χ1v) is 16.4. The molecule has 2 heteroatoms. The van der Waals surface area contributed by atoms with Crippen molar-refractivity contribution in [2.45, 2.75) is 0 Å². The number of aromatic nitrogens is 2. The molecule has 8 aromatic carbocycles. The van der Waals surface area contributed by atoms with Gasteiger partial charge < -0.3 is 0 Å². The Hall–Kier alpha value is -6.38. The lowest BCUT2D eigenvalue weighted by Crippen LogP contribution is -1.94. The molecule has 0 aliphatic rings. The Labute approximate surface area is 277 Å². The highest BCUT2D eigenvalue weighted by Crippen LogP contribution is 2.45. The largest absolute Gasteiger partial charge is 0.256 e. The molecule has 2 heterocycles. The van der Waals surface area contributed by atoms with E-state index in [1.54, 1.807) is 0 Å². The fraction of sp³-hybridized carbons (Fsp3) is 0. The van der Waals surface area contributed by atoms with Gasteiger partial charge in [0.05, 0.1) is 16.7 Å². The second-order valence-electron chi connectivity index (χ2n) is 12.5. The van der Waals surface area contributed by atoms with E-state index in [9.17, 15) is 0 Å². The van der Waals surface area contributed by atoms with E-state index < -0.39 is 0 Å². The number of hydrogen-bond donors (Lipinski definition) is 0. The molecule has 0 N–H and O–H groups in total. The first-order valence-electron chi connectivity index (χ1n) is 16.4. The van der Waals surface area contributed by atoms with E-state index >= 15 is 0 Å². The summed E-state index contributed by atoms with van der Waals surface area (Å²) in [5, 5.41) is 11.9.